The highest BCUT2D eigenvalue weighted by Gasteiger charge is 2.47. The van der Waals surface area contributed by atoms with E-state index in [1.54, 1.807) is 13.8 Å². The summed E-state index contributed by atoms with van der Waals surface area (Å²) in [5.74, 6) is 0. The van der Waals surface area contributed by atoms with Crippen molar-refractivity contribution >= 4 is 26.1 Å². The summed E-state index contributed by atoms with van der Waals surface area (Å²) in [4.78, 5) is -0.350. The Kier molecular flexibility index (Phi) is 4.53. The predicted molar refractivity (Wildman–Crippen MR) is 86.4 cm³/mol. The van der Waals surface area contributed by atoms with Gasteiger partial charge < -0.3 is 0 Å². The van der Waals surface area contributed by atoms with Crippen molar-refractivity contribution < 1.29 is 25.6 Å². The molecule has 7 nitrogen and oxygen atoms in total. The number of benzene rings is 1. The third-order valence-electron chi connectivity index (χ3n) is 4.27. The van der Waals surface area contributed by atoms with E-state index in [2.05, 4.69) is 0 Å². The zero-order chi connectivity index (χ0) is 17.6. The number of fused-ring (bicyclic) bond motifs is 1. The minimum Gasteiger partial charge on any atom is -0.282 e. The van der Waals surface area contributed by atoms with Gasteiger partial charge in [0.05, 0.1) is 23.2 Å². The van der Waals surface area contributed by atoms with Crippen molar-refractivity contribution in [2.45, 2.75) is 50.5 Å². The summed E-state index contributed by atoms with van der Waals surface area (Å²) >= 11 is 0. The summed E-state index contributed by atoms with van der Waals surface area (Å²) in [7, 11) is -8.49. The predicted octanol–water partition coefficient (Wildman–Crippen LogP) is 2.09. The molecule has 130 valence electrons. The molecule has 1 unspecified atom stereocenters. The molecule has 9 heteroatoms. The minimum atomic E-state index is -4.43. The topological polar surface area (TPSA) is 101 Å². The summed E-state index contributed by atoms with van der Waals surface area (Å²) in [6.07, 6.45) is 0.531. The second-order valence-corrected chi connectivity index (χ2v) is 9.03. The van der Waals surface area contributed by atoms with Crippen LogP contribution in [0.3, 0.4) is 0 Å². The van der Waals surface area contributed by atoms with Gasteiger partial charge in [0.15, 0.2) is 0 Å². The van der Waals surface area contributed by atoms with Gasteiger partial charge in [-0.25, -0.2) is 4.31 Å². The molecule has 0 saturated carbocycles. The van der Waals surface area contributed by atoms with Crippen LogP contribution in [-0.4, -0.2) is 34.0 Å². The van der Waals surface area contributed by atoms with E-state index in [9.17, 15) is 21.4 Å². The van der Waals surface area contributed by atoms with Crippen LogP contribution in [0.1, 0.15) is 39.7 Å². The van der Waals surface area contributed by atoms with Gasteiger partial charge in [-0.2, -0.15) is 16.8 Å². The molecule has 1 aliphatic heterocycles. The minimum absolute atomic E-state index is 0.0410. The molecule has 2 rings (SSSR count). The molecule has 0 radical (unpaired) electrons. The van der Waals surface area contributed by atoms with E-state index in [0.29, 0.717) is 12.0 Å². The van der Waals surface area contributed by atoms with Crippen LogP contribution in [-0.2, 0) is 30.0 Å². The van der Waals surface area contributed by atoms with Gasteiger partial charge in [-0.05, 0) is 31.0 Å². The molecular formula is C14H21NO6S2. The van der Waals surface area contributed by atoms with Gasteiger partial charge in [-0.3, -0.25) is 8.74 Å². The first-order chi connectivity index (χ1) is 10.4. The summed E-state index contributed by atoms with van der Waals surface area (Å²) in [5, 5.41) is 0. The molecule has 0 spiro atoms. The molecule has 1 N–H and O–H groups in total. The first-order valence-electron chi connectivity index (χ1n) is 7.23. The molecule has 1 heterocycles. The Morgan fingerprint density at radius 3 is 2.39 bits per heavy atom. The highest BCUT2D eigenvalue weighted by molar-refractivity contribution is 7.88. The molecule has 0 amide bonds. The molecule has 0 saturated heterocycles. The van der Waals surface area contributed by atoms with Crippen molar-refractivity contribution in [3.63, 3.8) is 0 Å². The maximum Gasteiger partial charge on any atom is 0.362 e. The lowest BCUT2D eigenvalue weighted by molar-refractivity contribution is 0.311. The SMILES string of the molecule is CCCOS(=O)(=O)N1c2cc(S(=O)(=O)O)ccc2C(C)(C)C1C. The molecule has 1 aromatic carbocycles. The van der Waals surface area contributed by atoms with Crippen LogP contribution in [0.25, 0.3) is 0 Å². The Morgan fingerprint density at radius 2 is 1.87 bits per heavy atom. The molecule has 0 bridgehead atoms. The van der Waals surface area contributed by atoms with Crippen LogP contribution in [0.2, 0.25) is 0 Å². The van der Waals surface area contributed by atoms with E-state index in [1.165, 1.54) is 18.2 Å². The standard InChI is InChI=1S/C14H21NO6S2/c1-5-8-21-23(19,20)15-10(2)14(3,4)12-7-6-11(9-13(12)15)22(16,17)18/h6-7,9-10H,5,8H2,1-4H3,(H,16,17,18). The Labute approximate surface area is 137 Å². The van der Waals surface area contributed by atoms with Crippen molar-refractivity contribution in [1.82, 2.24) is 0 Å². The van der Waals surface area contributed by atoms with Crippen LogP contribution in [0.15, 0.2) is 23.1 Å². The van der Waals surface area contributed by atoms with Crippen LogP contribution >= 0.6 is 0 Å². The summed E-state index contributed by atoms with van der Waals surface area (Å²) in [6.45, 7) is 7.31. The van der Waals surface area contributed by atoms with Crippen molar-refractivity contribution in [3.8, 4) is 0 Å². The zero-order valence-corrected chi connectivity index (χ0v) is 15.1. The number of anilines is 1. The van der Waals surface area contributed by atoms with Crippen LogP contribution in [0.5, 0.6) is 0 Å². The Hall–Kier alpha value is -1.16. The van der Waals surface area contributed by atoms with Crippen molar-refractivity contribution in [2.24, 2.45) is 0 Å². The van der Waals surface area contributed by atoms with E-state index in [0.717, 1.165) is 4.31 Å². The number of hydrogen-bond donors (Lipinski definition) is 1. The van der Waals surface area contributed by atoms with Crippen LogP contribution in [0, 0.1) is 0 Å². The van der Waals surface area contributed by atoms with Crippen LogP contribution < -0.4 is 4.31 Å². The van der Waals surface area contributed by atoms with E-state index in [1.807, 2.05) is 13.8 Å². The van der Waals surface area contributed by atoms with Gasteiger partial charge >= 0.3 is 10.3 Å². The molecule has 23 heavy (non-hydrogen) atoms. The van der Waals surface area contributed by atoms with Gasteiger partial charge in [0.1, 0.15) is 0 Å². The van der Waals surface area contributed by atoms with Gasteiger partial charge in [0.2, 0.25) is 0 Å². The lowest BCUT2D eigenvalue weighted by atomic mass is 9.81. The van der Waals surface area contributed by atoms with Gasteiger partial charge in [-0.1, -0.05) is 26.8 Å². The Bertz CT molecular complexity index is 814. The first kappa shape index (κ1) is 18.2. The summed E-state index contributed by atoms with van der Waals surface area (Å²) in [5.41, 5.74) is 0.366. The lowest BCUT2D eigenvalue weighted by Crippen LogP contribution is -2.43. The fourth-order valence-electron chi connectivity index (χ4n) is 2.69. The number of rotatable bonds is 5. The van der Waals surface area contributed by atoms with E-state index >= 15 is 0 Å². The molecule has 0 aliphatic carbocycles. The monoisotopic (exact) mass is 363 g/mol. The van der Waals surface area contributed by atoms with Crippen LogP contribution in [0.4, 0.5) is 5.69 Å². The molecular weight excluding hydrogens is 342 g/mol. The fraction of sp³-hybridized carbons (Fsp3) is 0.571. The molecule has 1 aromatic rings. The average Bonchev–Trinajstić information content (AvgIpc) is 2.63. The molecule has 0 fully saturated rings. The fourth-order valence-corrected chi connectivity index (χ4v) is 4.72. The Morgan fingerprint density at radius 1 is 1.26 bits per heavy atom. The largest absolute Gasteiger partial charge is 0.362 e. The smallest absolute Gasteiger partial charge is 0.282 e. The lowest BCUT2D eigenvalue weighted by Gasteiger charge is -2.30. The van der Waals surface area contributed by atoms with Crippen molar-refractivity contribution in [2.75, 3.05) is 10.9 Å². The first-order valence-corrected chi connectivity index (χ1v) is 10.0. The molecule has 0 aromatic heterocycles. The molecule has 1 aliphatic rings. The average molecular weight is 363 g/mol. The van der Waals surface area contributed by atoms with E-state index in [-0.39, 0.29) is 17.2 Å². The number of hydrogen-bond acceptors (Lipinski definition) is 5. The highest BCUT2D eigenvalue weighted by atomic mass is 32.2. The second kappa shape index (κ2) is 5.73. The third-order valence-corrected chi connectivity index (χ3v) is 6.58. The second-order valence-electron chi connectivity index (χ2n) is 6.13. The third kappa shape index (κ3) is 3.10. The van der Waals surface area contributed by atoms with Gasteiger partial charge in [0, 0.05) is 5.41 Å². The summed E-state index contributed by atoms with van der Waals surface area (Å²) in [6, 6.07) is 3.51. The quantitative estimate of drug-likeness (QED) is 0.804. The van der Waals surface area contributed by atoms with E-state index in [4.69, 9.17) is 4.18 Å². The van der Waals surface area contributed by atoms with Crippen molar-refractivity contribution in [3.05, 3.63) is 23.8 Å². The molecule has 1 atom stereocenters. The zero-order valence-electron chi connectivity index (χ0n) is 13.5. The number of nitrogens with zero attached hydrogens (tertiary/aromatic N) is 1. The normalized spacial score (nSPS) is 20.6. The maximum absolute atomic E-state index is 12.5. The van der Waals surface area contributed by atoms with Gasteiger partial charge in [0.25, 0.3) is 10.1 Å². The van der Waals surface area contributed by atoms with E-state index < -0.39 is 31.9 Å². The van der Waals surface area contributed by atoms with Gasteiger partial charge in [-0.15, -0.1) is 0 Å². The highest BCUT2D eigenvalue weighted by Crippen LogP contribution is 2.47. The maximum atomic E-state index is 12.5. The Balaban J connectivity index is 2.65. The summed E-state index contributed by atoms with van der Waals surface area (Å²) < 4.78 is 63.0. The van der Waals surface area contributed by atoms with Crippen molar-refractivity contribution in [1.29, 1.82) is 0 Å².